The van der Waals surface area contributed by atoms with E-state index in [1.807, 2.05) is 25.2 Å². The maximum absolute atomic E-state index is 10.0. The van der Waals surface area contributed by atoms with Crippen LogP contribution >= 0.6 is 0 Å². The summed E-state index contributed by atoms with van der Waals surface area (Å²) in [6.07, 6.45) is 9.43. The van der Waals surface area contributed by atoms with Crippen LogP contribution in [0, 0.1) is 0 Å². The zero-order chi connectivity index (χ0) is 17.6. The number of fused-ring (bicyclic) bond motifs is 1. The molecular weight excluding hydrogens is 308 g/mol. The van der Waals surface area contributed by atoms with E-state index in [9.17, 15) is 5.11 Å². The molecule has 1 fully saturated rings. The average molecular weight is 334 g/mol. The van der Waals surface area contributed by atoms with Crippen molar-refractivity contribution in [1.29, 1.82) is 0 Å². The number of ether oxygens (including phenoxy) is 1. The van der Waals surface area contributed by atoms with Gasteiger partial charge in [0.15, 0.2) is 0 Å². The van der Waals surface area contributed by atoms with Crippen molar-refractivity contribution >= 4 is 16.3 Å². The van der Waals surface area contributed by atoms with Gasteiger partial charge in [0.1, 0.15) is 6.10 Å². The van der Waals surface area contributed by atoms with Crippen LogP contribution in [0.15, 0.2) is 72.3 Å². The minimum atomic E-state index is -0.381. The van der Waals surface area contributed by atoms with E-state index in [1.165, 1.54) is 21.9 Å². The molecule has 1 heterocycles. The van der Waals surface area contributed by atoms with Crippen molar-refractivity contribution in [3.63, 3.8) is 0 Å². The summed E-state index contributed by atoms with van der Waals surface area (Å²) in [6, 6.07) is 15.0. The van der Waals surface area contributed by atoms with Gasteiger partial charge in [0.25, 0.3) is 0 Å². The number of aliphatic hydroxyl groups is 1. The molecule has 0 radical (unpaired) electrons. The zero-order valence-electron chi connectivity index (χ0n) is 15.0. The summed E-state index contributed by atoms with van der Waals surface area (Å²) in [5, 5.41) is 12.5. The fourth-order valence-corrected chi connectivity index (χ4v) is 3.23. The molecule has 2 aromatic rings. The molecule has 1 aliphatic heterocycles. The molecule has 0 saturated carbocycles. The first-order valence-corrected chi connectivity index (χ1v) is 8.96. The van der Waals surface area contributed by atoms with Gasteiger partial charge in [0, 0.05) is 6.61 Å². The monoisotopic (exact) mass is 334 g/mol. The maximum atomic E-state index is 10.0. The lowest BCUT2D eigenvalue weighted by atomic mass is 9.99. The molecule has 3 rings (SSSR count). The first kappa shape index (κ1) is 17.7. The Kier molecular flexibility index (Phi) is 5.85. The van der Waals surface area contributed by atoms with Crippen molar-refractivity contribution in [2.45, 2.75) is 38.9 Å². The Labute approximate surface area is 150 Å². The van der Waals surface area contributed by atoms with E-state index in [0.717, 1.165) is 25.0 Å². The SMILES string of the molecule is C\C(=C/C=C/C=C(\C)[C@@H]1OCCC[C@H]1O)c1ccc2ccccc2c1. The molecule has 0 spiro atoms. The van der Waals surface area contributed by atoms with Gasteiger partial charge in [-0.3, -0.25) is 0 Å². The molecule has 1 saturated heterocycles. The highest BCUT2D eigenvalue weighted by Gasteiger charge is 2.24. The van der Waals surface area contributed by atoms with Gasteiger partial charge in [0.2, 0.25) is 0 Å². The predicted octanol–water partition coefficient (Wildman–Crippen LogP) is 5.29. The third-order valence-electron chi connectivity index (χ3n) is 4.76. The Balaban J connectivity index is 1.69. The van der Waals surface area contributed by atoms with Crippen molar-refractivity contribution < 1.29 is 9.84 Å². The van der Waals surface area contributed by atoms with E-state index in [0.29, 0.717) is 0 Å². The second-order valence-corrected chi connectivity index (χ2v) is 6.71. The fourth-order valence-electron chi connectivity index (χ4n) is 3.23. The Morgan fingerprint density at radius 1 is 1.04 bits per heavy atom. The van der Waals surface area contributed by atoms with Crippen LogP contribution in [0.1, 0.15) is 32.3 Å². The van der Waals surface area contributed by atoms with Crippen molar-refractivity contribution in [2.75, 3.05) is 6.61 Å². The molecule has 0 bridgehead atoms. The molecule has 0 aliphatic carbocycles. The molecule has 1 aliphatic rings. The predicted molar refractivity (Wildman–Crippen MR) is 105 cm³/mol. The van der Waals surface area contributed by atoms with Crippen LogP contribution in [0.25, 0.3) is 16.3 Å². The number of hydrogen-bond donors (Lipinski definition) is 1. The van der Waals surface area contributed by atoms with Crippen LogP contribution in [-0.2, 0) is 4.74 Å². The van der Waals surface area contributed by atoms with Gasteiger partial charge in [-0.2, -0.15) is 0 Å². The average Bonchev–Trinajstić information content (AvgIpc) is 2.64. The summed E-state index contributed by atoms with van der Waals surface area (Å²) in [5.74, 6) is 0. The molecule has 1 N–H and O–H groups in total. The molecule has 2 atom stereocenters. The smallest absolute Gasteiger partial charge is 0.104 e. The van der Waals surface area contributed by atoms with E-state index in [-0.39, 0.29) is 12.2 Å². The summed E-state index contributed by atoms with van der Waals surface area (Å²) in [4.78, 5) is 0. The molecule has 0 unspecified atom stereocenters. The minimum absolute atomic E-state index is 0.163. The Bertz CT molecular complexity index is 814. The van der Waals surface area contributed by atoms with E-state index < -0.39 is 0 Å². The van der Waals surface area contributed by atoms with E-state index in [4.69, 9.17) is 4.74 Å². The van der Waals surface area contributed by atoms with Gasteiger partial charge in [-0.1, -0.05) is 60.7 Å². The first-order chi connectivity index (χ1) is 12.1. The summed E-state index contributed by atoms with van der Waals surface area (Å²) in [7, 11) is 0. The molecule has 130 valence electrons. The second-order valence-electron chi connectivity index (χ2n) is 6.71. The Morgan fingerprint density at radius 3 is 2.60 bits per heavy atom. The fraction of sp³-hybridized carbons (Fsp3) is 0.304. The normalized spacial score (nSPS) is 22.7. The van der Waals surface area contributed by atoms with Gasteiger partial charge in [-0.25, -0.2) is 0 Å². The van der Waals surface area contributed by atoms with Crippen LogP contribution in [0.3, 0.4) is 0 Å². The third-order valence-corrected chi connectivity index (χ3v) is 4.76. The van der Waals surface area contributed by atoms with Crippen molar-refractivity contribution in [1.82, 2.24) is 0 Å². The van der Waals surface area contributed by atoms with Crippen LogP contribution < -0.4 is 0 Å². The highest BCUT2D eigenvalue weighted by molar-refractivity contribution is 5.86. The lowest BCUT2D eigenvalue weighted by molar-refractivity contribution is -0.0540. The molecule has 2 heteroatoms. The highest BCUT2D eigenvalue weighted by atomic mass is 16.5. The molecule has 0 aromatic heterocycles. The topological polar surface area (TPSA) is 29.5 Å². The van der Waals surface area contributed by atoms with Crippen molar-refractivity contribution in [3.05, 3.63) is 77.9 Å². The summed E-state index contributed by atoms with van der Waals surface area (Å²) in [5.41, 5.74) is 3.53. The molecule has 0 amide bonds. The highest BCUT2D eigenvalue weighted by Crippen LogP contribution is 2.22. The van der Waals surface area contributed by atoms with Crippen LogP contribution in [-0.4, -0.2) is 23.9 Å². The minimum Gasteiger partial charge on any atom is -0.390 e. The molecule has 2 aromatic carbocycles. The standard InChI is InChI=1S/C23H26O2/c1-17(20-14-13-19-10-5-6-11-21(19)16-20)8-3-4-9-18(2)23-22(24)12-7-15-25-23/h3-6,8-11,13-14,16,22-24H,7,12,15H2,1-2H3/b4-3+,17-8+,18-9+/t22-,23+/m1/s1. The quantitative estimate of drug-likeness (QED) is 0.770. The van der Waals surface area contributed by atoms with Crippen LogP contribution in [0.5, 0.6) is 0 Å². The van der Waals surface area contributed by atoms with Crippen molar-refractivity contribution in [3.8, 4) is 0 Å². The summed E-state index contributed by atoms with van der Waals surface area (Å²) >= 11 is 0. The lowest BCUT2D eigenvalue weighted by Crippen LogP contribution is -2.34. The Morgan fingerprint density at radius 2 is 1.80 bits per heavy atom. The van der Waals surface area contributed by atoms with E-state index >= 15 is 0 Å². The Hall–Kier alpha value is -2.16. The third kappa shape index (κ3) is 4.47. The van der Waals surface area contributed by atoms with Crippen molar-refractivity contribution in [2.24, 2.45) is 0 Å². The zero-order valence-corrected chi connectivity index (χ0v) is 15.0. The summed E-state index contributed by atoms with van der Waals surface area (Å²) in [6.45, 7) is 4.88. The van der Waals surface area contributed by atoms with E-state index in [2.05, 4.69) is 55.5 Å². The number of benzene rings is 2. The lowest BCUT2D eigenvalue weighted by Gasteiger charge is -2.28. The van der Waals surface area contributed by atoms with Gasteiger partial charge >= 0.3 is 0 Å². The number of hydrogen-bond acceptors (Lipinski definition) is 2. The van der Waals surface area contributed by atoms with Gasteiger partial charge in [-0.05, 0) is 60.2 Å². The second kappa shape index (κ2) is 8.28. The molecule has 2 nitrogen and oxygen atoms in total. The maximum Gasteiger partial charge on any atom is 0.104 e. The number of rotatable bonds is 4. The molecule has 25 heavy (non-hydrogen) atoms. The van der Waals surface area contributed by atoms with Gasteiger partial charge in [0.05, 0.1) is 6.10 Å². The van der Waals surface area contributed by atoms with E-state index in [1.54, 1.807) is 0 Å². The molecular formula is C23H26O2. The van der Waals surface area contributed by atoms with Gasteiger partial charge in [-0.15, -0.1) is 0 Å². The van der Waals surface area contributed by atoms with Crippen LogP contribution in [0.4, 0.5) is 0 Å². The van der Waals surface area contributed by atoms with Gasteiger partial charge < -0.3 is 9.84 Å². The largest absolute Gasteiger partial charge is 0.390 e. The van der Waals surface area contributed by atoms with Crippen LogP contribution in [0.2, 0.25) is 0 Å². The number of allylic oxidation sites excluding steroid dienone is 5. The summed E-state index contributed by atoms with van der Waals surface area (Å²) < 4.78 is 5.67. The first-order valence-electron chi connectivity index (χ1n) is 8.96. The number of aliphatic hydroxyl groups excluding tert-OH is 1.